The van der Waals surface area contributed by atoms with Crippen molar-refractivity contribution in [1.82, 2.24) is 0 Å². The van der Waals surface area contributed by atoms with Crippen LogP contribution in [0.25, 0.3) is 0 Å². The largest absolute Gasteiger partial charge is 0.259 e. The van der Waals surface area contributed by atoms with Crippen LogP contribution < -0.4 is 0 Å². The second-order valence-electron chi connectivity index (χ2n) is 6.51. The van der Waals surface area contributed by atoms with Crippen molar-refractivity contribution in [2.45, 2.75) is 67.2 Å². The van der Waals surface area contributed by atoms with E-state index in [2.05, 4.69) is 65.8 Å². The summed E-state index contributed by atoms with van der Waals surface area (Å²) in [4.78, 5) is 0. The molecular weight excluding hydrogens is 288 g/mol. The summed E-state index contributed by atoms with van der Waals surface area (Å²) in [5.74, 6) is 1.36. The zero-order chi connectivity index (χ0) is 17.0. The molecule has 0 unspecified atom stereocenters. The van der Waals surface area contributed by atoms with Crippen molar-refractivity contribution in [2.75, 3.05) is 11.5 Å². The molecule has 126 valence electrons. The highest BCUT2D eigenvalue weighted by molar-refractivity contribution is 7.85. The number of allylic oxidation sites excluding steroid dienone is 6. The average Bonchev–Trinajstić information content (AvgIpc) is 2.42. The van der Waals surface area contributed by atoms with Gasteiger partial charge in [0.05, 0.1) is 0 Å². The predicted molar refractivity (Wildman–Crippen MR) is 103 cm³/mol. The first-order valence-electron chi connectivity index (χ1n) is 8.24. The van der Waals surface area contributed by atoms with Gasteiger partial charge in [-0.2, -0.15) is 0 Å². The minimum Gasteiger partial charge on any atom is -0.259 e. The summed E-state index contributed by atoms with van der Waals surface area (Å²) in [6.07, 6.45) is 13.1. The molecule has 0 aliphatic heterocycles. The number of hydrogen-bond donors (Lipinski definition) is 0. The van der Waals surface area contributed by atoms with Crippen LogP contribution in [0.15, 0.2) is 46.6 Å². The van der Waals surface area contributed by atoms with E-state index in [-0.39, 0.29) is 0 Å². The highest BCUT2D eigenvalue weighted by Crippen LogP contribution is 2.08. The Morgan fingerprint density at radius 3 is 1.36 bits per heavy atom. The molecule has 0 radical (unpaired) electrons. The summed E-state index contributed by atoms with van der Waals surface area (Å²) in [6, 6.07) is 0. The molecule has 0 aliphatic rings. The fraction of sp³-hybridized carbons (Fsp3) is 0.600. The molecule has 0 spiro atoms. The molecule has 0 amide bonds. The Labute approximate surface area is 140 Å². The van der Waals surface area contributed by atoms with E-state index in [9.17, 15) is 4.21 Å². The van der Waals surface area contributed by atoms with Crippen LogP contribution in [-0.2, 0) is 10.8 Å². The third-order valence-electron chi connectivity index (χ3n) is 3.42. The van der Waals surface area contributed by atoms with Gasteiger partial charge < -0.3 is 0 Å². The van der Waals surface area contributed by atoms with Gasteiger partial charge in [0.15, 0.2) is 0 Å². The van der Waals surface area contributed by atoms with Crippen molar-refractivity contribution >= 4 is 10.8 Å². The van der Waals surface area contributed by atoms with Gasteiger partial charge in [0.25, 0.3) is 0 Å². The lowest BCUT2D eigenvalue weighted by Gasteiger charge is -2.01. The Kier molecular flexibility index (Phi) is 12.1. The van der Waals surface area contributed by atoms with Crippen molar-refractivity contribution in [3.63, 3.8) is 0 Å². The number of rotatable bonds is 10. The maximum Gasteiger partial charge on any atom is 0.0421 e. The van der Waals surface area contributed by atoms with Crippen LogP contribution >= 0.6 is 0 Å². The molecule has 0 aromatic rings. The van der Waals surface area contributed by atoms with E-state index in [1.807, 2.05) is 0 Å². The van der Waals surface area contributed by atoms with Gasteiger partial charge in [0.2, 0.25) is 0 Å². The fourth-order valence-electron chi connectivity index (χ4n) is 1.92. The van der Waals surface area contributed by atoms with E-state index < -0.39 is 10.8 Å². The van der Waals surface area contributed by atoms with Crippen LogP contribution in [-0.4, -0.2) is 15.7 Å². The van der Waals surface area contributed by atoms with E-state index in [1.54, 1.807) is 0 Å². The van der Waals surface area contributed by atoms with Crippen molar-refractivity contribution in [3.05, 3.63) is 46.6 Å². The molecule has 0 aliphatic carbocycles. The first-order valence-corrected chi connectivity index (χ1v) is 9.73. The average molecular weight is 323 g/mol. The summed E-state index contributed by atoms with van der Waals surface area (Å²) in [5.41, 5.74) is 5.42. The summed E-state index contributed by atoms with van der Waals surface area (Å²) < 4.78 is 12.0. The molecular formula is C20H34OS. The van der Waals surface area contributed by atoms with Gasteiger partial charge in [-0.15, -0.1) is 0 Å². The van der Waals surface area contributed by atoms with Gasteiger partial charge in [-0.25, -0.2) is 0 Å². The molecule has 0 rings (SSSR count). The molecule has 0 fully saturated rings. The second kappa shape index (κ2) is 12.6. The Hall–Kier alpha value is -0.890. The van der Waals surface area contributed by atoms with Crippen LogP contribution in [0.2, 0.25) is 0 Å². The predicted octanol–water partition coefficient (Wildman–Crippen LogP) is 6.12. The molecule has 1 nitrogen and oxygen atoms in total. The van der Waals surface area contributed by atoms with Gasteiger partial charge in [-0.05, 0) is 67.2 Å². The first kappa shape index (κ1) is 21.1. The summed E-state index contributed by atoms with van der Waals surface area (Å²) in [6.45, 7) is 12.8. The lowest BCUT2D eigenvalue weighted by Crippen LogP contribution is -1.99. The van der Waals surface area contributed by atoms with Crippen LogP contribution in [0.5, 0.6) is 0 Å². The van der Waals surface area contributed by atoms with Crippen LogP contribution in [0.4, 0.5) is 0 Å². The Morgan fingerprint density at radius 2 is 1.05 bits per heavy atom. The quantitative estimate of drug-likeness (QED) is 0.443. The monoisotopic (exact) mass is 322 g/mol. The highest BCUT2D eigenvalue weighted by atomic mass is 32.2. The molecule has 0 heterocycles. The van der Waals surface area contributed by atoms with E-state index in [1.165, 1.54) is 22.3 Å². The zero-order valence-corrected chi connectivity index (χ0v) is 16.2. The molecule has 2 heteroatoms. The maximum absolute atomic E-state index is 12.0. The van der Waals surface area contributed by atoms with Crippen molar-refractivity contribution in [1.29, 1.82) is 0 Å². The van der Waals surface area contributed by atoms with E-state index in [0.29, 0.717) is 11.5 Å². The van der Waals surface area contributed by atoms with Gasteiger partial charge in [-0.3, -0.25) is 4.21 Å². The molecule has 0 saturated heterocycles. The van der Waals surface area contributed by atoms with Crippen molar-refractivity contribution in [2.24, 2.45) is 0 Å². The molecule has 0 aromatic heterocycles. The minimum atomic E-state index is -0.773. The van der Waals surface area contributed by atoms with Crippen LogP contribution in [0.1, 0.15) is 67.2 Å². The van der Waals surface area contributed by atoms with Gasteiger partial charge in [0, 0.05) is 22.3 Å². The first-order chi connectivity index (χ1) is 10.3. The van der Waals surface area contributed by atoms with Gasteiger partial charge >= 0.3 is 0 Å². The molecule has 0 atom stereocenters. The summed E-state index contributed by atoms with van der Waals surface area (Å²) in [5, 5.41) is 0. The van der Waals surface area contributed by atoms with Crippen molar-refractivity contribution in [3.8, 4) is 0 Å². The smallest absolute Gasteiger partial charge is 0.0421 e. The van der Waals surface area contributed by atoms with E-state index in [0.717, 1.165) is 25.7 Å². The Balaban J connectivity index is 4.07. The fourth-order valence-corrected chi connectivity index (χ4v) is 3.00. The Bertz CT molecular complexity index is 414. The molecule has 22 heavy (non-hydrogen) atoms. The topological polar surface area (TPSA) is 17.1 Å². The third-order valence-corrected chi connectivity index (χ3v) is 4.49. The van der Waals surface area contributed by atoms with E-state index in [4.69, 9.17) is 0 Å². The lowest BCUT2D eigenvalue weighted by atomic mass is 10.1. The molecule has 0 aromatic carbocycles. The minimum absolute atomic E-state index is 0.679. The second-order valence-corrected chi connectivity index (χ2v) is 8.06. The highest BCUT2D eigenvalue weighted by Gasteiger charge is 1.97. The van der Waals surface area contributed by atoms with Crippen molar-refractivity contribution < 1.29 is 4.21 Å². The zero-order valence-electron chi connectivity index (χ0n) is 15.4. The third kappa shape index (κ3) is 14.1. The standard InChI is InChI=1S/C20H34OS/c1-17(2)9-7-11-19(5)13-15-22(21)16-14-20(6)12-8-10-18(3)4/h9-10,13-14H,7-8,11-12,15-16H2,1-6H3/b19-13+,20-14+. The number of hydrogen-bond acceptors (Lipinski definition) is 1. The van der Waals surface area contributed by atoms with Crippen LogP contribution in [0.3, 0.4) is 0 Å². The normalized spacial score (nSPS) is 13.7. The Morgan fingerprint density at radius 1 is 0.682 bits per heavy atom. The SMILES string of the molecule is CC(C)=CCC/C(C)=C/CS(=O)C/C=C(\C)CCC=C(C)C. The van der Waals surface area contributed by atoms with Gasteiger partial charge in [-0.1, -0.05) is 46.6 Å². The molecule has 0 saturated carbocycles. The summed E-state index contributed by atoms with van der Waals surface area (Å²) in [7, 11) is -0.773. The summed E-state index contributed by atoms with van der Waals surface area (Å²) >= 11 is 0. The van der Waals surface area contributed by atoms with Crippen LogP contribution in [0, 0.1) is 0 Å². The molecule has 0 N–H and O–H groups in total. The molecule has 0 bridgehead atoms. The maximum atomic E-state index is 12.0. The lowest BCUT2D eigenvalue weighted by molar-refractivity contribution is 0.686. The van der Waals surface area contributed by atoms with Gasteiger partial charge in [0.1, 0.15) is 0 Å². The van der Waals surface area contributed by atoms with E-state index >= 15 is 0 Å².